The van der Waals surface area contributed by atoms with Gasteiger partial charge in [-0.3, -0.25) is 0 Å². The largest absolute Gasteiger partial charge is 0.341 e. The Kier molecular flexibility index (Phi) is 3.67. The van der Waals surface area contributed by atoms with E-state index in [1.54, 1.807) is 0 Å². The van der Waals surface area contributed by atoms with Gasteiger partial charge in [0.2, 0.25) is 0 Å². The number of aromatic nitrogens is 2. The van der Waals surface area contributed by atoms with Crippen LogP contribution in [-0.2, 0) is 11.8 Å². The van der Waals surface area contributed by atoms with Crippen LogP contribution in [0.3, 0.4) is 0 Å². The Morgan fingerprint density at radius 3 is 2.30 bits per heavy atom. The van der Waals surface area contributed by atoms with Crippen molar-refractivity contribution in [2.45, 2.75) is 46.5 Å². The fraction of sp³-hybridized carbons (Fsp3) is 0.412. The molecule has 0 aliphatic carbocycles. The Morgan fingerprint density at radius 2 is 1.80 bits per heavy atom. The molecule has 0 atom stereocenters. The van der Waals surface area contributed by atoms with E-state index >= 15 is 0 Å². The summed E-state index contributed by atoms with van der Waals surface area (Å²) < 4.78 is 0. The molecule has 1 heterocycles. The van der Waals surface area contributed by atoms with Gasteiger partial charge in [-0.15, -0.1) is 0 Å². The molecule has 0 amide bonds. The first-order valence-electron chi connectivity index (χ1n) is 6.86. The molecule has 1 aromatic carbocycles. The van der Waals surface area contributed by atoms with Crippen LogP contribution in [0, 0.1) is 25.2 Å². The van der Waals surface area contributed by atoms with Crippen molar-refractivity contribution >= 4 is 0 Å². The van der Waals surface area contributed by atoms with Gasteiger partial charge in [-0.2, -0.15) is 5.26 Å². The summed E-state index contributed by atoms with van der Waals surface area (Å²) in [4.78, 5) is 7.49. The first kappa shape index (κ1) is 14.3. The zero-order valence-electron chi connectivity index (χ0n) is 12.8. The summed E-state index contributed by atoms with van der Waals surface area (Å²) in [5, 5.41) is 8.72. The maximum atomic E-state index is 8.72. The SMILES string of the molecule is Cc1cc(C(C)(C)C)cc(C)c1-c1cnc(CC#N)[nH]1. The number of rotatable bonds is 2. The van der Waals surface area contributed by atoms with Gasteiger partial charge in [0.25, 0.3) is 0 Å². The molecule has 3 nitrogen and oxygen atoms in total. The van der Waals surface area contributed by atoms with Crippen molar-refractivity contribution in [3.63, 3.8) is 0 Å². The van der Waals surface area contributed by atoms with Crippen molar-refractivity contribution in [3.8, 4) is 17.3 Å². The fourth-order valence-corrected chi connectivity index (χ4v) is 2.48. The molecule has 0 unspecified atom stereocenters. The Hall–Kier alpha value is -2.08. The van der Waals surface area contributed by atoms with Crippen LogP contribution in [0.1, 0.15) is 43.3 Å². The second-order valence-electron chi connectivity index (χ2n) is 6.31. The highest BCUT2D eigenvalue weighted by Crippen LogP contribution is 2.31. The zero-order valence-corrected chi connectivity index (χ0v) is 12.8. The molecule has 0 spiro atoms. The number of nitriles is 1. The number of hydrogen-bond donors (Lipinski definition) is 1. The summed E-state index contributed by atoms with van der Waals surface area (Å²) in [5.74, 6) is 0.723. The van der Waals surface area contributed by atoms with E-state index < -0.39 is 0 Å². The van der Waals surface area contributed by atoms with E-state index in [4.69, 9.17) is 5.26 Å². The minimum Gasteiger partial charge on any atom is -0.341 e. The lowest BCUT2D eigenvalue weighted by atomic mass is 9.83. The van der Waals surface area contributed by atoms with E-state index in [9.17, 15) is 0 Å². The van der Waals surface area contributed by atoms with Crippen molar-refractivity contribution < 1.29 is 0 Å². The Balaban J connectivity index is 2.50. The number of nitrogens with zero attached hydrogens (tertiary/aromatic N) is 2. The third kappa shape index (κ3) is 2.75. The van der Waals surface area contributed by atoms with Crippen molar-refractivity contribution in [1.29, 1.82) is 5.26 Å². The molecule has 0 radical (unpaired) electrons. The summed E-state index contributed by atoms with van der Waals surface area (Å²) >= 11 is 0. The lowest BCUT2D eigenvalue weighted by molar-refractivity contribution is 0.589. The van der Waals surface area contributed by atoms with Gasteiger partial charge in [0.05, 0.1) is 24.4 Å². The number of H-pyrrole nitrogens is 1. The highest BCUT2D eigenvalue weighted by atomic mass is 14.9. The van der Waals surface area contributed by atoms with Gasteiger partial charge in [0, 0.05) is 5.56 Å². The molecule has 20 heavy (non-hydrogen) atoms. The third-order valence-electron chi connectivity index (χ3n) is 3.54. The van der Waals surface area contributed by atoms with Crippen LogP contribution < -0.4 is 0 Å². The quantitative estimate of drug-likeness (QED) is 0.892. The first-order valence-corrected chi connectivity index (χ1v) is 6.86. The van der Waals surface area contributed by atoms with Crippen LogP contribution in [0.4, 0.5) is 0 Å². The minimum absolute atomic E-state index is 0.147. The van der Waals surface area contributed by atoms with Crippen LogP contribution in [0.2, 0.25) is 0 Å². The van der Waals surface area contributed by atoms with Gasteiger partial charge >= 0.3 is 0 Å². The summed E-state index contributed by atoms with van der Waals surface area (Å²) in [6, 6.07) is 6.60. The molecule has 1 N–H and O–H groups in total. The summed E-state index contributed by atoms with van der Waals surface area (Å²) in [6.07, 6.45) is 2.14. The van der Waals surface area contributed by atoms with E-state index in [1.807, 2.05) is 6.20 Å². The van der Waals surface area contributed by atoms with E-state index in [2.05, 4.69) is 62.8 Å². The highest BCUT2D eigenvalue weighted by Gasteiger charge is 2.17. The first-order chi connectivity index (χ1) is 9.32. The lowest BCUT2D eigenvalue weighted by Gasteiger charge is -2.22. The predicted octanol–water partition coefficient (Wildman–Crippen LogP) is 4.06. The Morgan fingerprint density at radius 1 is 1.20 bits per heavy atom. The second-order valence-corrected chi connectivity index (χ2v) is 6.31. The molecule has 0 saturated carbocycles. The van der Waals surface area contributed by atoms with Crippen molar-refractivity contribution in [2.75, 3.05) is 0 Å². The summed E-state index contributed by atoms with van der Waals surface area (Å²) in [6.45, 7) is 10.9. The number of aryl methyl sites for hydroxylation is 2. The molecule has 2 aromatic rings. The smallest absolute Gasteiger partial charge is 0.120 e. The van der Waals surface area contributed by atoms with Crippen LogP contribution in [0.15, 0.2) is 18.3 Å². The van der Waals surface area contributed by atoms with E-state index in [0.717, 1.165) is 11.5 Å². The van der Waals surface area contributed by atoms with Crippen LogP contribution in [0.25, 0.3) is 11.3 Å². The molecule has 1 aromatic heterocycles. The molecule has 0 fully saturated rings. The topological polar surface area (TPSA) is 52.5 Å². The molecule has 0 bridgehead atoms. The van der Waals surface area contributed by atoms with E-state index in [0.29, 0.717) is 6.42 Å². The maximum Gasteiger partial charge on any atom is 0.120 e. The Labute approximate surface area is 120 Å². The number of aromatic amines is 1. The van der Waals surface area contributed by atoms with Gasteiger partial charge in [0.15, 0.2) is 0 Å². The normalized spacial score (nSPS) is 11.4. The molecule has 2 rings (SSSR count). The van der Waals surface area contributed by atoms with Gasteiger partial charge < -0.3 is 4.98 Å². The highest BCUT2D eigenvalue weighted by molar-refractivity contribution is 5.68. The second kappa shape index (κ2) is 5.13. The van der Waals surface area contributed by atoms with E-state index in [-0.39, 0.29) is 5.41 Å². The predicted molar refractivity (Wildman–Crippen MR) is 81.5 cm³/mol. The zero-order chi connectivity index (χ0) is 14.9. The van der Waals surface area contributed by atoms with Gasteiger partial charge in [-0.05, 0) is 36.0 Å². The minimum atomic E-state index is 0.147. The van der Waals surface area contributed by atoms with Gasteiger partial charge in [-0.25, -0.2) is 4.98 Å². The fourth-order valence-electron chi connectivity index (χ4n) is 2.48. The molecule has 3 heteroatoms. The van der Waals surface area contributed by atoms with Crippen LogP contribution in [0.5, 0.6) is 0 Å². The van der Waals surface area contributed by atoms with E-state index in [1.165, 1.54) is 22.3 Å². The maximum absolute atomic E-state index is 8.72. The molecular weight excluding hydrogens is 246 g/mol. The van der Waals surface area contributed by atoms with Crippen LogP contribution in [-0.4, -0.2) is 9.97 Å². The van der Waals surface area contributed by atoms with Gasteiger partial charge in [-0.1, -0.05) is 32.9 Å². The summed E-state index contributed by atoms with van der Waals surface area (Å²) in [5.41, 5.74) is 6.14. The van der Waals surface area contributed by atoms with Crippen molar-refractivity contribution in [1.82, 2.24) is 9.97 Å². The monoisotopic (exact) mass is 267 g/mol. The van der Waals surface area contributed by atoms with Gasteiger partial charge in [0.1, 0.15) is 5.82 Å². The Bertz CT molecular complexity index is 643. The summed E-state index contributed by atoms with van der Waals surface area (Å²) in [7, 11) is 0. The molecule has 104 valence electrons. The standard InChI is InChI=1S/C17H21N3/c1-11-8-13(17(3,4)5)9-12(2)16(11)14-10-19-15(20-14)6-7-18/h8-10H,6H2,1-5H3,(H,19,20). The number of hydrogen-bond acceptors (Lipinski definition) is 2. The number of imidazole rings is 1. The molecule has 0 saturated heterocycles. The number of nitrogens with one attached hydrogen (secondary N) is 1. The molecule has 0 aliphatic heterocycles. The average Bonchev–Trinajstić information content (AvgIpc) is 2.76. The number of benzene rings is 1. The van der Waals surface area contributed by atoms with Crippen LogP contribution >= 0.6 is 0 Å². The van der Waals surface area contributed by atoms with Crippen molar-refractivity contribution in [3.05, 3.63) is 40.8 Å². The van der Waals surface area contributed by atoms with Crippen molar-refractivity contribution in [2.24, 2.45) is 0 Å². The lowest BCUT2D eigenvalue weighted by Crippen LogP contribution is -2.12. The third-order valence-corrected chi connectivity index (χ3v) is 3.54. The molecule has 0 aliphatic rings. The average molecular weight is 267 g/mol. The molecular formula is C17H21N3.